The van der Waals surface area contributed by atoms with E-state index in [-0.39, 0.29) is 0 Å². The summed E-state index contributed by atoms with van der Waals surface area (Å²) in [4.78, 5) is 20.7. The van der Waals surface area contributed by atoms with E-state index in [0.717, 1.165) is 25.8 Å². The van der Waals surface area contributed by atoms with Crippen molar-refractivity contribution in [3.05, 3.63) is 89.5 Å². The van der Waals surface area contributed by atoms with E-state index in [2.05, 4.69) is 83.0 Å². The first-order valence-electron chi connectivity index (χ1n) is 10.3. The fraction of sp³-hybridized carbons (Fsp3) is 0.200. The largest absolute Gasteiger partial charge is 0.473 e. The molecular formula is C25H24N2O4. The maximum atomic E-state index is 9.10. The van der Waals surface area contributed by atoms with Crippen molar-refractivity contribution < 1.29 is 19.8 Å². The molecule has 1 atom stereocenters. The molecular weight excluding hydrogens is 392 g/mol. The van der Waals surface area contributed by atoms with Crippen molar-refractivity contribution in [3.63, 3.8) is 0 Å². The number of carboxylic acid groups (broad SMARTS) is 2. The lowest BCUT2D eigenvalue weighted by Gasteiger charge is -2.21. The van der Waals surface area contributed by atoms with Gasteiger partial charge in [0, 0.05) is 12.2 Å². The number of nitrogens with zero attached hydrogens (tertiary/aromatic N) is 1. The minimum atomic E-state index is -1.82. The Hall–Kier alpha value is -3.80. The average molecular weight is 416 g/mol. The van der Waals surface area contributed by atoms with Crippen LogP contribution in [-0.4, -0.2) is 28.7 Å². The van der Waals surface area contributed by atoms with Crippen molar-refractivity contribution in [2.24, 2.45) is 0 Å². The molecule has 0 aromatic heterocycles. The quantitative estimate of drug-likeness (QED) is 0.539. The smallest absolute Gasteiger partial charge is 0.414 e. The Balaban J connectivity index is 0.000000342. The van der Waals surface area contributed by atoms with Crippen LogP contribution < -0.4 is 10.2 Å². The molecule has 1 unspecified atom stereocenters. The van der Waals surface area contributed by atoms with Gasteiger partial charge in [-0.2, -0.15) is 0 Å². The maximum absolute atomic E-state index is 9.10. The van der Waals surface area contributed by atoms with Crippen LogP contribution in [0.25, 0.3) is 0 Å². The molecule has 0 spiro atoms. The zero-order valence-electron chi connectivity index (χ0n) is 17.0. The zero-order valence-corrected chi connectivity index (χ0v) is 17.0. The van der Waals surface area contributed by atoms with Gasteiger partial charge >= 0.3 is 11.9 Å². The normalized spacial score (nSPS) is 15.5. The summed E-state index contributed by atoms with van der Waals surface area (Å²) in [6.45, 7) is 1.08. The van der Waals surface area contributed by atoms with Gasteiger partial charge in [-0.3, -0.25) is 0 Å². The SMILES string of the molecule is O=C(O)C(=O)O.c1ccc(CCC2Nc3ccccc3N3CCc4cccc2c43)cc1. The predicted molar refractivity (Wildman–Crippen MR) is 120 cm³/mol. The van der Waals surface area contributed by atoms with Crippen molar-refractivity contribution in [3.8, 4) is 0 Å². The molecule has 2 aliphatic rings. The van der Waals surface area contributed by atoms with E-state index in [0.29, 0.717) is 6.04 Å². The minimum absolute atomic E-state index is 0.347. The van der Waals surface area contributed by atoms with Gasteiger partial charge in [0.1, 0.15) is 0 Å². The van der Waals surface area contributed by atoms with Crippen molar-refractivity contribution in [2.75, 3.05) is 16.8 Å². The number of rotatable bonds is 3. The third kappa shape index (κ3) is 4.38. The van der Waals surface area contributed by atoms with Crippen molar-refractivity contribution >= 4 is 29.0 Å². The molecule has 3 aromatic rings. The summed E-state index contributed by atoms with van der Waals surface area (Å²) in [6.07, 6.45) is 3.33. The number of carbonyl (C=O) groups is 2. The molecule has 0 saturated heterocycles. The van der Waals surface area contributed by atoms with Crippen LogP contribution >= 0.6 is 0 Å². The summed E-state index contributed by atoms with van der Waals surface area (Å²) in [5.74, 6) is -3.65. The van der Waals surface area contributed by atoms with E-state index in [9.17, 15) is 0 Å². The van der Waals surface area contributed by atoms with E-state index in [1.165, 1.54) is 33.8 Å². The fourth-order valence-electron chi connectivity index (χ4n) is 4.29. The molecule has 0 bridgehead atoms. The highest BCUT2D eigenvalue weighted by molar-refractivity contribution is 6.27. The van der Waals surface area contributed by atoms with Gasteiger partial charge in [-0.1, -0.05) is 60.7 Å². The molecule has 6 nitrogen and oxygen atoms in total. The van der Waals surface area contributed by atoms with E-state index in [1.54, 1.807) is 0 Å². The molecule has 0 aliphatic carbocycles. The number of nitrogens with one attached hydrogen (secondary N) is 1. The number of carboxylic acids is 2. The highest BCUT2D eigenvalue weighted by Crippen LogP contribution is 2.47. The van der Waals surface area contributed by atoms with Gasteiger partial charge in [-0.15, -0.1) is 0 Å². The summed E-state index contributed by atoms with van der Waals surface area (Å²) in [5.41, 5.74) is 8.35. The van der Waals surface area contributed by atoms with Gasteiger partial charge < -0.3 is 20.4 Å². The van der Waals surface area contributed by atoms with Crippen molar-refractivity contribution in [1.29, 1.82) is 0 Å². The predicted octanol–water partition coefficient (Wildman–Crippen LogP) is 4.64. The Morgan fingerprint density at radius 3 is 2.35 bits per heavy atom. The first-order chi connectivity index (χ1) is 15.0. The second-order valence-electron chi connectivity index (χ2n) is 7.61. The zero-order chi connectivity index (χ0) is 21.8. The van der Waals surface area contributed by atoms with Gasteiger partial charge in [0.25, 0.3) is 0 Å². The van der Waals surface area contributed by atoms with Crippen LogP contribution in [0.4, 0.5) is 17.1 Å². The maximum Gasteiger partial charge on any atom is 0.414 e. The fourth-order valence-corrected chi connectivity index (χ4v) is 4.29. The van der Waals surface area contributed by atoms with Crippen LogP contribution in [0, 0.1) is 0 Å². The molecule has 0 fully saturated rings. The van der Waals surface area contributed by atoms with E-state index < -0.39 is 11.9 Å². The van der Waals surface area contributed by atoms with Crippen LogP contribution in [0.1, 0.15) is 29.2 Å². The summed E-state index contributed by atoms with van der Waals surface area (Å²) in [7, 11) is 0. The third-order valence-corrected chi connectivity index (χ3v) is 5.67. The number of aryl methyl sites for hydroxylation is 1. The summed E-state index contributed by atoms with van der Waals surface area (Å²) in [5, 5.41) is 18.6. The van der Waals surface area contributed by atoms with Gasteiger partial charge in [0.15, 0.2) is 0 Å². The molecule has 2 heterocycles. The highest BCUT2D eigenvalue weighted by Gasteiger charge is 2.31. The van der Waals surface area contributed by atoms with E-state index >= 15 is 0 Å². The summed E-state index contributed by atoms with van der Waals surface area (Å²) < 4.78 is 0. The Morgan fingerprint density at radius 2 is 1.61 bits per heavy atom. The molecule has 3 aromatic carbocycles. The number of para-hydroxylation sites is 3. The van der Waals surface area contributed by atoms with E-state index in [4.69, 9.17) is 19.8 Å². The standard InChI is InChI=1S/C23H22N2.C2H2O4/c1-2-7-17(8-3-1)13-14-20-19-10-6-9-18-15-16-25(23(18)19)22-12-5-4-11-21(22)24-20;3-1(4)2(5)6/h1-12,20,24H,13-16H2;(H,3,4)(H,5,6). The molecule has 5 rings (SSSR count). The molecule has 0 saturated carbocycles. The lowest BCUT2D eigenvalue weighted by molar-refractivity contribution is -0.159. The van der Waals surface area contributed by atoms with Gasteiger partial charge in [-0.25, -0.2) is 9.59 Å². The summed E-state index contributed by atoms with van der Waals surface area (Å²) >= 11 is 0. The van der Waals surface area contributed by atoms with E-state index in [1.807, 2.05) is 0 Å². The van der Waals surface area contributed by atoms with Crippen molar-refractivity contribution in [1.82, 2.24) is 0 Å². The number of benzene rings is 3. The Kier molecular flexibility index (Phi) is 5.89. The minimum Gasteiger partial charge on any atom is -0.473 e. The van der Waals surface area contributed by atoms with Gasteiger partial charge in [0.05, 0.1) is 17.4 Å². The summed E-state index contributed by atoms with van der Waals surface area (Å²) in [6, 6.07) is 26.7. The molecule has 158 valence electrons. The molecule has 31 heavy (non-hydrogen) atoms. The topological polar surface area (TPSA) is 89.9 Å². The highest BCUT2D eigenvalue weighted by atomic mass is 16.4. The first-order valence-corrected chi connectivity index (χ1v) is 10.3. The van der Waals surface area contributed by atoms with Gasteiger partial charge in [-0.05, 0) is 48.1 Å². The molecule has 6 heteroatoms. The Morgan fingerprint density at radius 1 is 0.903 bits per heavy atom. The van der Waals surface area contributed by atoms with Crippen LogP contribution in [0.5, 0.6) is 0 Å². The monoisotopic (exact) mass is 416 g/mol. The van der Waals surface area contributed by atoms with Crippen LogP contribution in [0.3, 0.4) is 0 Å². The second-order valence-corrected chi connectivity index (χ2v) is 7.61. The second kappa shape index (κ2) is 8.92. The Bertz CT molecular complexity index is 1090. The molecule has 0 radical (unpaired) electrons. The number of aliphatic carboxylic acids is 2. The lowest BCUT2D eigenvalue weighted by Crippen LogP contribution is -2.13. The number of anilines is 3. The molecule has 3 N–H and O–H groups in total. The number of fused-ring (bicyclic) bond motifs is 2. The first kappa shape index (κ1) is 20.5. The average Bonchev–Trinajstić information content (AvgIpc) is 3.16. The number of hydrogen-bond acceptors (Lipinski definition) is 4. The molecule has 0 amide bonds. The lowest BCUT2D eigenvalue weighted by atomic mass is 9.96. The molecule has 2 aliphatic heterocycles. The van der Waals surface area contributed by atoms with Gasteiger partial charge in [0.2, 0.25) is 0 Å². The number of hydrogen-bond donors (Lipinski definition) is 3. The van der Waals surface area contributed by atoms with Crippen LogP contribution in [-0.2, 0) is 22.4 Å². The Labute approximate surface area is 180 Å². The van der Waals surface area contributed by atoms with Crippen LogP contribution in [0.2, 0.25) is 0 Å². The third-order valence-electron chi connectivity index (χ3n) is 5.67. The van der Waals surface area contributed by atoms with Crippen LogP contribution in [0.15, 0.2) is 72.8 Å². The van der Waals surface area contributed by atoms with Crippen molar-refractivity contribution in [2.45, 2.75) is 25.3 Å².